The summed E-state index contributed by atoms with van der Waals surface area (Å²) in [7, 11) is 1.65. The maximum absolute atomic E-state index is 12.8. The van der Waals surface area contributed by atoms with E-state index in [2.05, 4.69) is 17.1 Å². The summed E-state index contributed by atoms with van der Waals surface area (Å²) in [5.41, 5.74) is 2.18. The topological polar surface area (TPSA) is 41.6 Å². The van der Waals surface area contributed by atoms with Crippen LogP contribution in [-0.2, 0) is 11.3 Å². The van der Waals surface area contributed by atoms with E-state index in [1.807, 2.05) is 36.4 Å². The smallest absolute Gasteiger partial charge is 0.223 e. The number of benzene rings is 2. The third-order valence-electron chi connectivity index (χ3n) is 5.61. The SMILES string of the molecule is CC[C@H](NC(=O)C1CCN(Cc2ccc(Cl)cc2Cl)CC1)c1ccc(OC)cc1. The van der Waals surface area contributed by atoms with Gasteiger partial charge in [0.25, 0.3) is 0 Å². The molecule has 1 fully saturated rings. The van der Waals surface area contributed by atoms with Crippen molar-refractivity contribution in [2.24, 2.45) is 5.92 Å². The zero-order chi connectivity index (χ0) is 20.8. The molecule has 1 heterocycles. The third-order valence-corrected chi connectivity index (χ3v) is 6.20. The van der Waals surface area contributed by atoms with E-state index in [1.165, 1.54) is 0 Å². The lowest BCUT2D eigenvalue weighted by Gasteiger charge is -2.32. The first kappa shape index (κ1) is 21.9. The number of carbonyl (C=O) groups is 1. The predicted octanol–water partition coefficient (Wildman–Crippen LogP) is 5.48. The maximum Gasteiger partial charge on any atom is 0.223 e. The van der Waals surface area contributed by atoms with E-state index in [1.54, 1.807) is 13.2 Å². The molecule has 0 aromatic heterocycles. The van der Waals surface area contributed by atoms with Crippen molar-refractivity contribution >= 4 is 29.1 Å². The number of hydrogen-bond donors (Lipinski definition) is 1. The van der Waals surface area contributed by atoms with Crippen LogP contribution in [0.1, 0.15) is 43.4 Å². The molecule has 2 aromatic rings. The molecule has 1 amide bonds. The van der Waals surface area contributed by atoms with E-state index in [0.29, 0.717) is 10.0 Å². The maximum atomic E-state index is 12.8. The second-order valence-electron chi connectivity index (χ2n) is 7.53. The number of piperidine rings is 1. The fourth-order valence-electron chi connectivity index (χ4n) is 3.79. The van der Waals surface area contributed by atoms with Crippen LogP contribution in [-0.4, -0.2) is 31.0 Å². The van der Waals surface area contributed by atoms with Crippen LogP contribution in [0.3, 0.4) is 0 Å². The van der Waals surface area contributed by atoms with E-state index < -0.39 is 0 Å². The molecule has 2 aromatic carbocycles. The first-order valence-corrected chi connectivity index (χ1v) is 10.9. The van der Waals surface area contributed by atoms with Gasteiger partial charge in [0.15, 0.2) is 0 Å². The first-order chi connectivity index (χ1) is 14.0. The van der Waals surface area contributed by atoms with Gasteiger partial charge in [-0.3, -0.25) is 9.69 Å². The molecule has 0 unspecified atom stereocenters. The standard InChI is InChI=1S/C23H28Cl2N2O2/c1-3-22(16-5-8-20(29-2)9-6-16)26-23(28)17-10-12-27(13-11-17)15-18-4-7-19(24)14-21(18)25/h4-9,14,17,22H,3,10-13,15H2,1-2H3,(H,26,28)/t22-/m0/s1. The zero-order valence-electron chi connectivity index (χ0n) is 17.0. The van der Waals surface area contributed by atoms with Crippen LogP contribution in [0.25, 0.3) is 0 Å². The molecule has 4 nitrogen and oxygen atoms in total. The third kappa shape index (κ3) is 5.88. The number of halogens is 2. The fourth-order valence-corrected chi connectivity index (χ4v) is 4.26. The Morgan fingerprint density at radius 2 is 1.86 bits per heavy atom. The molecule has 1 atom stereocenters. The molecule has 1 aliphatic heterocycles. The number of amides is 1. The highest BCUT2D eigenvalue weighted by atomic mass is 35.5. The van der Waals surface area contributed by atoms with E-state index >= 15 is 0 Å². The molecule has 3 rings (SSSR count). The molecule has 0 aliphatic carbocycles. The summed E-state index contributed by atoms with van der Waals surface area (Å²) < 4.78 is 5.22. The molecule has 0 spiro atoms. The van der Waals surface area contributed by atoms with Crippen molar-refractivity contribution in [2.45, 2.75) is 38.8 Å². The van der Waals surface area contributed by atoms with Gasteiger partial charge in [0.05, 0.1) is 13.2 Å². The molecule has 1 N–H and O–H groups in total. The molecular formula is C23H28Cl2N2O2. The average Bonchev–Trinajstić information content (AvgIpc) is 2.74. The molecule has 1 saturated heterocycles. The molecule has 0 radical (unpaired) electrons. The highest BCUT2D eigenvalue weighted by Crippen LogP contribution is 2.26. The zero-order valence-corrected chi connectivity index (χ0v) is 18.5. The van der Waals surface area contributed by atoms with E-state index in [-0.39, 0.29) is 17.9 Å². The summed E-state index contributed by atoms with van der Waals surface area (Å²) in [6.07, 6.45) is 2.57. The highest BCUT2D eigenvalue weighted by molar-refractivity contribution is 6.35. The van der Waals surface area contributed by atoms with Gasteiger partial charge >= 0.3 is 0 Å². The van der Waals surface area contributed by atoms with Crippen LogP contribution >= 0.6 is 23.2 Å². The molecule has 0 saturated carbocycles. The lowest BCUT2D eigenvalue weighted by atomic mass is 9.94. The Balaban J connectivity index is 1.52. The van der Waals surface area contributed by atoms with Crippen LogP contribution in [0, 0.1) is 5.92 Å². The number of rotatable bonds is 7. The van der Waals surface area contributed by atoms with Crippen molar-refractivity contribution < 1.29 is 9.53 Å². The number of nitrogens with zero attached hydrogens (tertiary/aromatic N) is 1. The van der Waals surface area contributed by atoms with Gasteiger partial charge in [0.1, 0.15) is 5.75 Å². The lowest BCUT2D eigenvalue weighted by Crippen LogP contribution is -2.41. The summed E-state index contributed by atoms with van der Waals surface area (Å²) in [4.78, 5) is 15.2. The van der Waals surface area contributed by atoms with Crippen molar-refractivity contribution in [2.75, 3.05) is 20.2 Å². The Kier molecular flexibility index (Phi) is 7.82. The van der Waals surface area contributed by atoms with Gasteiger partial charge in [-0.2, -0.15) is 0 Å². The monoisotopic (exact) mass is 434 g/mol. The van der Waals surface area contributed by atoms with Crippen molar-refractivity contribution in [3.05, 3.63) is 63.6 Å². The predicted molar refractivity (Wildman–Crippen MR) is 119 cm³/mol. The number of ether oxygens (including phenoxy) is 1. The van der Waals surface area contributed by atoms with Gasteiger partial charge in [0.2, 0.25) is 5.91 Å². The van der Waals surface area contributed by atoms with Crippen molar-refractivity contribution in [3.63, 3.8) is 0 Å². The van der Waals surface area contributed by atoms with E-state index in [4.69, 9.17) is 27.9 Å². The largest absolute Gasteiger partial charge is 0.497 e. The van der Waals surface area contributed by atoms with Gasteiger partial charge in [-0.25, -0.2) is 0 Å². The summed E-state index contributed by atoms with van der Waals surface area (Å²) >= 11 is 12.3. The van der Waals surface area contributed by atoms with Crippen LogP contribution in [0.4, 0.5) is 0 Å². The normalized spacial score (nSPS) is 16.4. The molecular weight excluding hydrogens is 407 g/mol. The molecule has 0 bridgehead atoms. The summed E-state index contributed by atoms with van der Waals surface area (Å²) in [6, 6.07) is 13.6. The lowest BCUT2D eigenvalue weighted by molar-refractivity contribution is -0.127. The minimum absolute atomic E-state index is 0.0271. The Bertz CT molecular complexity index is 818. The van der Waals surface area contributed by atoms with Crippen molar-refractivity contribution in [3.8, 4) is 5.75 Å². The van der Waals surface area contributed by atoms with Crippen molar-refractivity contribution in [1.29, 1.82) is 0 Å². The quantitative estimate of drug-likeness (QED) is 0.626. The van der Waals surface area contributed by atoms with Gasteiger partial charge in [0, 0.05) is 22.5 Å². The minimum Gasteiger partial charge on any atom is -0.497 e. The Morgan fingerprint density at radius 1 is 1.17 bits per heavy atom. The van der Waals surface area contributed by atoms with E-state index in [0.717, 1.165) is 55.8 Å². The minimum atomic E-state index is 0.0271. The van der Waals surface area contributed by atoms with Crippen LogP contribution < -0.4 is 10.1 Å². The number of methoxy groups -OCH3 is 1. The highest BCUT2D eigenvalue weighted by Gasteiger charge is 2.26. The Labute approximate surface area is 183 Å². The molecule has 6 heteroatoms. The Hall–Kier alpha value is -1.75. The van der Waals surface area contributed by atoms with Crippen LogP contribution in [0.5, 0.6) is 5.75 Å². The average molecular weight is 435 g/mol. The molecule has 29 heavy (non-hydrogen) atoms. The number of carbonyl (C=O) groups excluding carboxylic acids is 1. The second kappa shape index (κ2) is 10.3. The van der Waals surface area contributed by atoms with Gasteiger partial charge in [-0.1, -0.05) is 48.3 Å². The van der Waals surface area contributed by atoms with Gasteiger partial charge in [-0.05, 0) is 67.7 Å². The summed E-state index contributed by atoms with van der Waals surface area (Å²) in [5, 5.41) is 4.58. The summed E-state index contributed by atoms with van der Waals surface area (Å²) in [5.74, 6) is 1.03. The number of likely N-dealkylation sites (tertiary alicyclic amines) is 1. The van der Waals surface area contributed by atoms with Crippen molar-refractivity contribution in [1.82, 2.24) is 10.2 Å². The molecule has 1 aliphatic rings. The molecule has 156 valence electrons. The van der Waals surface area contributed by atoms with Gasteiger partial charge < -0.3 is 10.1 Å². The Morgan fingerprint density at radius 3 is 2.45 bits per heavy atom. The van der Waals surface area contributed by atoms with Crippen LogP contribution in [0.2, 0.25) is 10.0 Å². The summed E-state index contributed by atoms with van der Waals surface area (Å²) in [6.45, 7) is 4.65. The van der Waals surface area contributed by atoms with E-state index in [9.17, 15) is 4.79 Å². The second-order valence-corrected chi connectivity index (χ2v) is 8.37. The number of nitrogens with one attached hydrogen (secondary N) is 1. The van der Waals surface area contributed by atoms with Gasteiger partial charge in [-0.15, -0.1) is 0 Å². The van der Waals surface area contributed by atoms with Crippen LogP contribution in [0.15, 0.2) is 42.5 Å². The number of hydrogen-bond acceptors (Lipinski definition) is 3. The first-order valence-electron chi connectivity index (χ1n) is 10.1. The fraction of sp³-hybridized carbons (Fsp3) is 0.435.